The lowest BCUT2D eigenvalue weighted by Crippen LogP contribution is -2.16. The van der Waals surface area contributed by atoms with E-state index in [1.807, 2.05) is 23.3 Å². The van der Waals surface area contributed by atoms with Crippen LogP contribution in [0.15, 0.2) is 31.0 Å². The Labute approximate surface area is 107 Å². The number of aryl methyl sites for hydroxylation is 1. The molecule has 4 nitrogen and oxygen atoms in total. The third-order valence-electron chi connectivity index (χ3n) is 3.55. The van der Waals surface area contributed by atoms with Crippen LogP contribution in [-0.2, 0) is 6.54 Å². The van der Waals surface area contributed by atoms with Crippen molar-refractivity contribution in [1.82, 2.24) is 14.5 Å². The fourth-order valence-corrected chi connectivity index (χ4v) is 2.35. The fraction of sp³-hybridized carbons (Fsp3) is 0.429. The van der Waals surface area contributed by atoms with Gasteiger partial charge in [-0.3, -0.25) is 4.98 Å². The highest BCUT2D eigenvalue weighted by molar-refractivity contribution is 5.27. The maximum absolute atomic E-state index is 6.21. The maximum atomic E-state index is 6.21. The minimum atomic E-state index is 0.118. The normalized spacial score (nSPS) is 16.8. The first-order valence-corrected chi connectivity index (χ1v) is 6.41. The first-order valence-electron chi connectivity index (χ1n) is 6.41. The van der Waals surface area contributed by atoms with Crippen LogP contribution in [0.4, 0.5) is 0 Å². The Kier molecular flexibility index (Phi) is 2.88. The lowest BCUT2D eigenvalue weighted by atomic mass is 10.0. The summed E-state index contributed by atoms with van der Waals surface area (Å²) in [5, 5.41) is 0. The summed E-state index contributed by atoms with van der Waals surface area (Å²) >= 11 is 0. The Morgan fingerprint density at radius 2 is 2.33 bits per heavy atom. The third-order valence-corrected chi connectivity index (χ3v) is 3.55. The average Bonchev–Trinajstić information content (AvgIpc) is 3.08. The standard InChI is InChI=1S/C14H18N4/c1-10-6-11(8-18-5-4-16-9-18)7-17-14(10)13(15)12-2-3-12/h4-7,9,12-13H,2-3,8,15H2,1H3. The molecule has 0 amide bonds. The van der Waals surface area contributed by atoms with Gasteiger partial charge in [0.1, 0.15) is 0 Å². The Bertz CT molecular complexity index is 529. The molecule has 2 N–H and O–H groups in total. The average molecular weight is 242 g/mol. The molecule has 0 bridgehead atoms. The molecule has 18 heavy (non-hydrogen) atoms. The zero-order valence-electron chi connectivity index (χ0n) is 10.6. The van der Waals surface area contributed by atoms with Crippen molar-refractivity contribution in [2.45, 2.75) is 32.4 Å². The van der Waals surface area contributed by atoms with E-state index in [4.69, 9.17) is 5.73 Å². The van der Waals surface area contributed by atoms with Gasteiger partial charge in [0.15, 0.2) is 0 Å². The van der Waals surface area contributed by atoms with Gasteiger partial charge in [0.05, 0.1) is 24.6 Å². The van der Waals surface area contributed by atoms with Crippen molar-refractivity contribution < 1.29 is 0 Å². The van der Waals surface area contributed by atoms with Crippen molar-refractivity contribution in [2.75, 3.05) is 0 Å². The van der Waals surface area contributed by atoms with E-state index >= 15 is 0 Å². The molecule has 1 aliphatic rings. The molecule has 1 aliphatic carbocycles. The fourth-order valence-electron chi connectivity index (χ4n) is 2.35. The summed E-state index contributed by atoms with van der Waals surface area (Å²) in [7, 11) is 0. The zero-order valence-corrected chi connectivity index (χ0v) is 10.6. The molecule has 1 saturated carbocycles. The quantitative estimate of drug-likeness (QED) is 0.892. The molecule has 2 aromatic heterocycles. The summed E-state index contributed by atoms with van der Waals surface area (Å²) in [5.74, 6) is 0.649. The van der Waals surface area contributed by atoms with E-state index in [-0.39, 0.29) is 6.04 Å². The number of hydrogen-bond acceptors (Lipinski definition) is 3. The Balaban J connectivity index is 1.79. The second-order valence-corrected chi connectivity index (χ2v) is 5.14. The van der Waals surface area contributed by atoms with E-state index in [9.17, 15) is 0 Å². The van der Waals surface area contributed by atoms with Crippen LogP contribution in [-0.4, -0.2) is 14.5 Å². The third kappa shape index (κ3) is 2.29. The van der Waals surface area contributed by atoms with E-state index in [1.54, 1.807) is 6.20 Å². The monoisotopic (exact) mass is 242 g/mol. The van der Waals surface area contributed by atoms with Crippen molar-refractivity contribution >= 4 is 0 Å². The Morgan fingerprint density at radius 3 is 2.94 bits per heavy atom. The molecular formula is C14H18N4. The van der Waals surface area contributed by atoms with Gasteiger partial charge < -0.3 is 10.3 Å². The topological polar surface area (TPSA) is 56.7 Å². The Morgan fingerprint density at radius 1 is 1.50 bits per heavy atom. The summed E-state index contributed by atoms with van der Waals surface area (Å²) < 4.78 is 2.04. The molecule has 1 atom stereocenters. The van der Waals surface area contributed by atoms with E-state index in [2.05, 4.69) is 23.0 Å². The summed E-state index contributed by atoms with van der Waals surface area (Å²) in [6.45, 7) is 2.91. The van der Waals surface area contributed by atoms with Gasteiger partial charge >= 0.3 is 0 Å². The number of imidazole rings is 1. The second-order valence-electron chi connectivity index (χ2n) is 5.14. The van der Waals surface area contributed by atoms with Gasteiger partial charge in [0.2, 0.25) is 0 Å². The number of nitrogens with two attached hydrogens (primary N) is 1. The molecule has 0 aliphatic heterocycles. The highest BCUT2D eigenvalue weighted by Gasteiger charge is 2.31. The van der Waals surface area contributed by atoms with Crippen LogP contribution >= 0.6 is 0 Å². The van der Waals surface area contributed by atoms with Crippen LogP contribution in [0.3, 0.4) is 0 Å². The molecule has 0 spiro atoms. The molecule has 4 heteroatoms. The maximum Gasteiger partial charge on any atom is 0.0949 e. The van der Waals surface area contributed by atoms with Gasteiger partial charge in [0, 0.05) is 18.6 Å². The molecule has 2 heterocycles. The molecule has 1 unspecified atom stereocenters. The summed E-state index contributed by atoms with van der Waals surface area (Å²) in [5.41, 5.74) is 9.66. The van der Waals surface area contributed by atoms with Crippen molar-refractivity contribution in [3.05, 3.63) is 47.8 Å². The van der Waals surface area contributed by atoms with Gasteiger partial charge in [-0.25, -0.2) is 4.98 Å². The number of hydrogen-bond donors (Lipinski definition) is 1. The molecular weight excluding hydrogens is 224 g/mol. The minimum Gasteiger partial charge on any atom is -0.333 e. The summed E-state index contributed by atoms with van der Waals surface area (Å²) in [6, 6.07) is 2.30. The molecule has 2 aromatic rings. The van der Waals surface area contributed by atoms with Crippen molar-refractivity contribution in [3.8, 4) is 0 Å². The summed E-state index contributed by atoms with van der Waals surface area (Å²) in [6.07, 6.45) is 10.00. The van der Waals surface area contributed by atoms with E-state index in [0.717, 1.165) is 12.2 Å². The van der Waals surface area contributed by atoms with E-state index in [0.29, 0.717) is 5.92 Å². The lowest BCUT2D eigenvalue weighted by Gasteiger charge is -2.14. The molecule has 0 aromatic carbocycles. The van der Waals surface area contributed by atoms with Gasteiger partial charge in [-0.15, -0.1) is 0 Å². The lowest BCUT2D eigenvalue weighted by molar-refractivity contribution is 0.609. The highest BCUT2D eigenvalue weighted by atomic mass is 15.0. The molecule has 0 radical (unpaired) electrons. The molecule has 1 fully saturated rings. The van der Waals surface area contributed by atoms with Crippen molar-refractivity contribution in [1.29, 1.82) is 0 Å². The Hall–Kier alpha value is -1.68. The molecule has 3 rings (SSSR count). The largest absolute Gasteiger partial charge is 0.333 e. The van der Waals surface area contributed by atoms with Gasteiger partial charge in [0.25, 0.3) is 0 Å². The number of aromatic nitrogens is 3. The number of nitrogens with zero attached hydrogens (tertiary/aromatic N) is 3. The highest BCUT2D eigenvalue weighted by Crippen LogP contribution is 2.39. The first-order chi connectivity index (χ1) is 8.74. The van der Waals surface area contributed by atoms with Crippen molar-refractivity contribution in [2.24, 2.45) is 11.7 Å². The smallest absolute Gasteiger partial charge is 0.0949 e. The van der Waals surface area contributed by atoms with Crippen molar-refractivity contribution in [3.63, 3.8) is 0 Å². The van der Waals surface area contributed by atoms with Crippen LogP contribution < -0.4 is 5.73 Å². The minimum absolute atomic E-state index is 0.118. The molecule has 0 saturated heterocycles. The SMILES string of the molecule is Cc1cc(Cn2ccnc2)cnc1C(N)C1CC1. The predicted molar refractivity (Wildman–Crippen MR) is 70.0 cm³/mol. The van der Waals surface area contributed by atoms with Crippen LogP contribution in [0.1, 0.15) is 35.7 Å². The first kappa shape index (κ1) is 11.4. The zero-order chi connectivity index (χ0) is 12.5. The summed E-state index contributed by atoms with van der Waals surface area (Å²) in [4.78, 5) is 8.60. The van der Waals surface area contributed by atoms with Crippen LogP contribution in [0, 0.1) is 12.8 Å². The van der Waals surface area contributed by atoms with Crippen LogP contribution in [0.5, 0.6) is 0 Å². The van der Waals surface area contributed by atoms with Gasteiger partial charge in [-0.1, -0.05) is 6.07 Å². The van der Waals surface area contributed by atoms with Gasteiger partial charge in [-0.2, -0.15) is 0 Å². The second kappa shape index (κ2) is 4.53. The van der Waals surface area contributed by atoms with Crippen LogP contribution in [0.25, 0.3) is 0 Å². The van der Waals surface area contributed by atoms with E-state index < -0.39 is 0 Å². The number of rotatable bonds is 4. The van der Waals surface area contributed by atoms with E-state index in [1.165, 1.54) is 24.0 Å². The molecule has 94 valence electrons. The van der Waals surface area contributed by atoms with Crippen LogP contribution in [0.2, 0.25) is 0 Å². The number of pyridine rings is 1. The van der Waals surface area contributed by atoms with Gasteiger partial charge in [-0.05, 0) is 36.8 Å². The predicted octanol–water partition coefficient (Wildman–Crippen LogP) is 2.04.